The van der Waals surface area contributed by atoms with E-state index in [1.54, 1.807) is 0 Å². The summed E-state index contributed by atoms with van der Waals surface area (Å²) in [5.74, 6) is -0.952. The Labute approximate surface area is 118 Å². The molecule has 0 fully saturated rings. The Balaban J connectivity index is 2.72. The van der Waals surface area contributed by atoms with Crippen LogP contribution in [0.2, 0.25) is 0 Å². The third kappa shape index (κ3) is 2.33. The number of carbonyl (C=O) groups is 2. The van der Waals surface area contributed by atoms with Crippen molar-refractivity contribution in [2.24, 2.45) is 0 Å². The molecule has 0 spiro atoms. The van der Waals surface area contributed by atoms with Gasteiger partial charge in [-0.2, -0.15) is 0 Å². The van der Waals surface area contributed by atoms with E-state index in [4.69, 9.17) is 9.47 Å². The number of fused-ring (bicyclic) bond motifs is 1. The fraction of sp³-hybridized carbons (Fsp3) is 0.375. The van der Waals surface area contributed by atoms with Gasteiger partial charge in [0.25, 0.3) is 0 Å². The number of methoxy groups -OCH3 is 2. The zero-order chi connectivity index (χ0) is 14.9. The van der Waals surface area contributed by atoms with E-state index in [2.05, 4.69) is 6.07 Å². The maximum Gasteiger partial charge on any atom is 0.339 e. The number of aryl methyl sites for hydroxylation is 2. The lowest BCUT2D eigenvalue weighted by atomic mass is 9.82. The number of hydrogen-bond donors (Lipinski definition) is 0. The molecule has 0 N–H and O–H groups in total. The Morgan fingerprint density at radius 3 is 2.25 bits per heavy atom. The molecule has 1 aliphatic carbocycles. The van der Waals surface area contributed by atoms with E-state index in [9.17, 15) is 9.59 Å². The molecule has 1 aliphatic rings. The lowest BCUT2D eigenvalue weighted by Gasteiger charge is -2.23. The van der Waals surface area contributed by atoms with Crippen molar-refractivity contribution < 1.29 is 19.1 Å². The molecule has 0 unspecified atom stereocenters. The van der Waals surface area contributed by atoms with Gasteiger partial charge in [-0.15, -0.1) is 0 Å². The third-order valence-electron chi connectivity index (χ3n) is 3.63. The first-order chi connectivity index (χ1) is 9.49. The summed E-state index contributed by atoms with van der Waals surface area (Å²) in [6, 6.07) is 4.01. The Morgan fingerprint density at radius 2 is 1.65 bits per heavy atom. The molecule has 0 heterocycles. The maximum absolute atomic E-state index is 12.1. The van der Waals surface area contributed by atoms with Gasteiger partial charge in [0.2, 0.25) is 0 Å². The van der Waals surface area contributed by atoms with Gasteiger partial charge < -0.3 is 9.47 Å². The van der Waals surface area contributed by atoms with Crippen LogP contribution in [0.3, 0.4) is 0 Å². The molecule has 4 heteroatoms. The smallest absolute Gasteiger partial charge is 0.339 e. The zero-order valence-corrected chi connectivity index (χ0v) is 12.2. The molecule has 0 aromatic heterocycles. The van der Waals surface area contributed by atoms with E-state index in [0.29, 0.717) is 17.6 Å². The molecule has 2 rings (SSSR count). The number of rotatable bonds is 2. The molecule has 4 nitrogen and oxygen atoms in total. The molecule has 20 heavy (non-hydrogen) atoms. The van der Waals surface area contributed by atoms with E-state index in [-0.39, 0.29) is 0 Å². The van der Waals surface area contributed by atoms with Crippen LogP contribution in [-0.2, 0) is 25.5 Å². The predicted molar refractivity (Wildman–Crippen MR) is 75.2 cm³/mol. The van der Waals surface area contributed by atoms with Crippen molar-refractivity contribution in [3.05, 3.63) is 40.0 Å². The molecular formula is C16H18O4. The van der Waals surface area contributed by atoms with Crippen molar-refractivity contribution in [2.45, 2.75) is 26.7 Å². The molecule has 0 atom stereocenters. The predicted octanol–water partition coefficient (Wildman–Crippen LogP) is 2.35. The van der Waals surface area contributed by atoms with Crippen molar-refractivity contribution in [3.8, 4) is 0 Å². The summed E-state index contributed by atoms with van der Waals surface area (Å²) in [6.07, 6.45) is 1.22. The maximum atomic E-state index is 12.1. The number of carbonyl (C=O) groups excluding carboxylic acids is 2. The molecule has 0 saturated carbocycles. The highest BCUT2D eigenvalue weighted by Crippen LogP contribution is 2.35. The summed E-state index contributed by atoms with van der Waals surface area (Å²) >= 11 is 0. The molecule has 0 amide bonds. The highest BCUT2D eigenvalue weighted by Gasteiger charge is 2.30. The van der Waals surface area contributed by atoms with Gasteiger partial charge in [-0.25, -0.2) is 9.59 Å². The number of hydrogen-bond acceptors (Lipinski definition) is 4. The molecule has 1 aromatic rings. The first-order valence-electron chi connectivity index (χ1n) is 6.49. The third-order valence-corrected chi connectivity index (χ3v) is 3.63. The lowest BCUT2D eigenvalue weighted by molar-refractivity contribution is -0.138. The first kappa shape index (κ1) is 14.3. The zero-order valence-electron chi connectivity index (χ0n) is 12.2. The van der Waals surface area contributed by atoms with Crippen LogP contribution in [0.1, 0.15) is 28.7 Å². The van der Waals surface area contributed by atoms with Crippen molar-refractivity contribution in [1.29, 1.82) is 0 Å². The van der Waals surface area contributed by atoms with Gasteiger partial charge in [-0.1, -0.05) is 17.7 Å². The second kappa shape index (κ2) is 5.49. The molecule has 106 valence electrons. The van der Waals surface area contributed by atoms with Gasteiger partial charge in [0.1, 0.15) is 0 Å². The molecule has 0 aliphatic heterocycles. The summed E-state index contributed by atoms with van der Waals surface area (Å²) in [5.41, 5.74) is 4.81. The highest BCUT2D eigenvalue weighted by molar-refractivity contribution is 6.23. The van der Waals surface area contributed by atoms with Crippen molar-refractivity contribution in [3.63, 3.8) is 0 Å². The standard InChI is InChI=1S/C16H18O4/c1-9-7-10(2)11-5-6-12(15(17)19-3)14(13(11)8-9)16(18)20-4/h7-8H,5-6H2,1-4H3. The molecule has 0 bridgehead atoms. The van der Waals surface area contributed by atoms with Gasteiger partial charge >= 0.3 is 11.9 Å². The minimum Gasteiger partial charge on any atom is -0.466 e. The molecule has 1 aromatic carbocycles. The van der Waals surface area contributed by atoms with Gasteiger partial charge in [0.05, 0.1) is 25.4 Å². The van der Waals surface area contributed by atoms with Crippen LogP contribution in [0.15, 0.2) is 17.7 Å². The normalized spacial score (nSPS) is 13.8. The van der Waals surface area contributed by atoms with E-state index >= 15 is 0 Å². The topological polar surface area (TPSA) is 52.6 Å². The van der Waals surface area contributed by atoms with Crippen LogP contribution < -0.4 is 0 Å². The number of esters is 2. The SMILES string of the molecule is COC(=O)C1=C(C(=O)OC)c2cc(C)cc(C)c2CC1. The second-order valence-corrected chi connectivity index (χ2v) is 4.94. The van der Waals surface area contributed by atoms with Crippen LogP contribution in [0, 0.1) is 13.8 Å². The summed E-state index contributed by atoms with van der Waals surface area (Å²) in [6.45, 7) is 3.98. The largest absolute Gasteiger partial charge is 0.466 e. The first-order valence-corrected chi connectivity index (χ1v) is 6.49. The second-order valence-electron chi connectivity index (χ2n) is 4.94. The number of ether oxygens (including phenoxy) is 2. The Hall–Kier alpha value is -2.10. The fourth-order valence-corrected chi connectivity index (χ4v) is 2.75. The Kier molecular flexibility index (Phi) is 3.93. The summed E-state index contributed by atoms with van der Waals surface area (Å²) in [5, 5.41) is 0. The minimum atomic E-state index is -0.489. The average Bonchev–Trinajstić information content (AvgIpc) is 2.44. The van der Waals surface area contributed by atoms with Crippen molar-refractivity contribution >= 4 is 17.5 Å². The Bertz CT molecular complexity index is 611. The van der Waals surface area contributed by atoms with Gasteiger partial charge in [0.15, 0.2) is 0 Å². The summed E-state index contributed by atoms with van der Waals surface area (Å²) in [7, 11) is 2.64. The summed E-state index contributed by atoms with van der Waals surface area (Å²) < 4.78 is 9.63. The quantitative estimate of drug-likeness (QED) is 0.777. The number of benzene rings is 1. The van der Waals surface area contributed by atoms with Crippen LogP contribution in [0.4, 0.5) is 0 Å². The summed E-state index contributed by atoms with van der Waals surface area (Å²) in [4.78, 5) is 24.0. The minimum absolute atomic E-state index is 0.340. The lowest BCUT2D eigenvalue weighted by Crippen LogP contribution is -2.20. The molecular weight excluding hydrogens is 256 g/mol. The van der Waals surface area contributed by atoms with Gasteiger partial charge in [-0.3, -0.25) is 0 Å². The van der Waals surface area contributed by atoms with Crippen LogP contribution in [-0.4, -0.2) is 26.2 Å². The fourth-order valence-electron chi connectivity index (χ4n) is 2.75. The van der Waals surface area contributed by atoms with Crippen molar-refractivity contribution in [2.75, 3.05) is 14.2 Å². The van der Waals surface area contributed by atoms with E-state index in [1.807, 2.05) is 19.9 Å². The van der Waals surface area contributed by atoms with Crippen LogP contribution in [0.5, 0.6) is 0 Å². The Morgan fingerprint density at radius 1 is 1.00 bits per heavy atom. The van der Waals surface area contributed by atoms with E-state index < -0.39 is 11.9 Å². The van der Waals surface area contributed by atoms with Crippen LogP contribution in [0.25, 0.3) is 5.57 Å². The average molecular weight is 274 g/mol. The van der Waals surface area contributed by atoms with Crippen molar-refractivity contribution in [1.82, 2.24) is 0 Å². The van der Waals surface area contributed by atoms with E-state index in [0.717, 1.165) is 28.7 Å². The highest BCUT2D eigenvalue weighted by atomic mass is 16.5. The van der Waals surface area contributed by atoms with E-state index in [1.165, 1.54) is 14.2 Å². The molecule has 0 radical (unpaired) electrons. The van der Waals surface area contributed by atoms with Crippen LogP contribution >= 0.6 is 0 Å². The monoisotopic (exact) mass is 274 g/mol. The molecule has 0 saturated heterocycles. The van der Waals surface area contributed by atoms with Gasteiger partial charge in [-0.05, 0) is 43.4 Å². The van der Waals surface area contributed by atoms with Gasteiger partial charge in [0, 0.05) is 0 Å².